The number of ether oxygens (including phenoxy) is 1. The largest absolute Gasteiger partial charge is 0.508 e. The molecule has 0 radical (unpaired) electrons. The fraction of sp³-hybridized carbons (Fsp3) is 0.532. The Morgan fingerprint density at radius 2 is 1.43 bits per heavy atom. The quantitative estimate of drug-likeness (QED) is 0.0158. The molecule has 6 rings (SSSR count). The van der Waals surface area contributed by atoms with Gasteiger partial charge < -0.3 is 84.2 Å². The van der Waals surface area contributed by atoms with E-state index in [4.69, 9.17) is 21.9 Å². The van der Waals surface area contributed by atoms with Gasteiger partial charge in [0.05, 0.1) is 55.7 Å². The van der Waals surface area contributed by atoms with Crippen LogP contribution in [0, 0.1) is 17.8 Å². The number of carbonyl (C=O) groups excluding carboxylic acids is 11. The molecule has 91 heavy (non-hydrogen) atoms. The van der Waals surface area contributed by atoms with Crippen LogP contribution in [0.25, 0.3) is 10.9 Å². The van der Waals surface area contributed by atoms with Gasteiger partial charge in [0.25, 0.3) is 0 Å². The molecule has 2 aliphatic rings. The number of urea groups is 1. The molecule has 2 saturated heterocycles. The third-order valence-corrected chi connectivity index (χ3v) is 15.6. The molecular formula is C62H87N15O14. The summed E-state index contributed by atoms with van der Waals surface area (Å²) in [6.45, 7) is 7.41. The first-order chi connectivity index (χ1) is 43.2. The van der Waals surface area contributed by atoms with E-state index in [2.05, 4.69) is 57.2 Å². The Morgan fingerprint density at radius 3 is 2.07 bits per heavy atom. The summed E-state index contributed by atoms with van der Waals surface area (Å²) < 4.78 is 6.11. The molecule has 0 unspecified atom stereocenters. The summed E-state index contributed by atoms with van der Waals surface area (Å²) in [5.74, 6) is -9.48. The predicted molar refractivity (Wildman–Crippen MR) is 333 cm³/mol. The van der Waals surface area contributed by atoms with Gasteiger partial charge in [-0.3, -0.25) is 52.9 Å². The van der Waals surface area contributed by atoms with E-state index in [-0.39, 0.29) is 101 Å². The maximum atomic E-state index is 14.9. The Hall–Kier alpha value is -9.25. The number of H-pyrrole nitrogens is 2. The van der Waals surface area contributed by atoms with Crippen molar-refractivity contribution in [3.63, 3.8) is 0 Å². The number of hydrogen-bond donors (Lipinski definition) is 14. The first-order valence-corrected chi connectivity index (χ1v) is 30.5. The van der Waals surface area contributed by atoms with Crippen LogP contribution < -0.4 is 54.4 Å². The topological polar surface area (TPSA) is 460 Å². The number of likely N-dealkylation sites (tertiary alicyclic amines) is 1. The summed E-state index contributed by atoms with van der Waals surface area (Å²) in [5.41, 5.74) is 17.7. The molecule has 9 amide bonds. The molecule has 2 aliphatic heterocycles. The third-order valence-electron chi connectivity index (χ3n) is 15.6. The maximum absolute atomic E-state index is 14.9. The summed E-state index contributed by atoms with van der Waals surface area (Å²) >= 11 is 0. The molecule has 2 aromatic heterocycles. The minimum atomic E-state index is -1.76. The number of primary amides is 1. The van der Waals surface area contributed by atoms with E-state index in [9.17, 15) is 63.0 Å². The number of ketones is 3. The van der Waals surface area contributed by atoms with E-state index in [1.54, 1.807) is 51.2 Å². The number of aliphatic hydroxyl groups excluding tert-OH is 1. The van der Waals surface area contributed by atoms with Crippen molar-refractivity contribution in [1.29, 1.82) is 0 Å². The van der Waals surface area contributed by atoms with Crippen LogP contribution in [-0.4, -0.2) is 181 Å². The molecule has 2 aromatic carbocycles. The van der Waals surface area contributed by atoms with Crippen LogP contribution in [0.4, 0.5) is 4.79 Å². The summed E-state index contributed by atoms with van der Waals surface area (Å²) in [6.07, 6.45) is 4.59. The second-order valence-electron chi connectivity index (χ2n) is 24.5. The van der Waals surface area contributed by atoms with Crippen molar-refractivity contribution in [2.24, 2.45) is 39.9 Å². The highest BCUT2D eigenvalue weighted by molar-refractivity contribution is 6.00. The van der Waals surface area contributed by atoms with Crippen molar-refractivity contribution >= 4 is 81.6 Å². The zero-order chi connectivity index (χ0) is 66.5. The van der Waals surface area contributed by atoms with Gasteiger partial charge in [0.15, 0.2) is 23.3 Å². The summed E-state index contributed by atoms with van der Waals surface area (Å²) in [5, 5.41) is 40.0. The molecule has 4 heterocycles. The van der Waals surface area contributed by atoms with E-state index in [1.165, 1.54) is 41.7 Å². The monoisotopic (exact) mass is 1270 g/mol. The number of aromatic nitrogens is 3. The van der Waals surface area contributed by atoms with Gasteiger partial charge in [-0.15, -0.1) is 0 Å². The number of guanidine groups is 1. The van der Waals surface area contributed by atoms with Gasteiger partial charge in [0.1, 0.15) is 29.9 Å². The number of para-hydroxylation sites is 1. The normalized spacial score (nSPS) is 17.1. The van der Waals surface area contributed by atoms with E-state index in [0.717, 1.165) is 0 Å². The minimum absolute atomic E-state index is 0.0986. The molecule has 494 valence electrons. The van der Waals surface area contributed by atoms with E-state index in [0.29, 0.717) is 40.6 Å². The number of phenols is 1. The lowest BCUT2D eigenvalue weighted by atomic mass is 9.89. The van der Waals surface area contributed by atoms with Crippen LogP contribution in [0.2, 0.25) is 0 Å². The molecule has 0 aliphatic carbocycles. The number of aromatic amines is 2. The van der Waals surface area contributed by atoms with E-state index >= 15 is 0 Å². The number of Topliss-reactive ketones (excluding diaryl/α,β-unsaturated/α-hetero) is 3. The lowest BCUT2D eigenvalue weighted by Gasteiger charge is -2.30. The van der Waals surface area contributed by atoms with Gasteiger partial charge >= 0.3 is 6.03 Å². The van der Waals surface area contributed by atoms with Crippen molar-refractivity contribution < 1.29 is 67.7 Å². The number of amides is 9. The molecule has 17 N–H and O–H groups in total. The number of nitrogens with zero attached hydrogens (tertiary/aromatic N) is 3. The molecule has 29 nitrogen and oxygen atoms in total. The first-order valence-electron chi connectivity index (χ1n) is 30.5. The number of imidazole rings is 1. The molecule has 0 bridgehead atoms. The SMILES string of the molecule is CC(C)C[C@H](NC(=O)[C@@H](COC(C)(C)C)CC(=O)[C@H](Cc1ccc(O)cc1)NC(=O)[C@H](CO)NC(=O)[C@H](Cc1c[nH]c2ccccc12)NC(=O)[C@H](Cc1cnc[nH]1)NC(=O)[C@@H]1CCC(=O)N1)C(=O)C[C@@H](CCCN=C(N)N)C(=O)N1CCC[C@H]1C(=O)CNC(N)=O. The maximum Gasteiger partial charge on any atom is 0.312 e. The number of aliphatic hydroxyl groups is 1. The summed E-state index contributed by atoms with van der Waals surface area (Å²) in [4.78, 5) is 168. The standard InChI is InChI=1S/C62H87N15O14/c1-34(2)22-44(50(80)25-36(10-8-20-67-60(63)64)59(89)77-21-9-13-49(77)52(82)30-69-61(65)90)72-54(84)38(32-91-62(3,4)5)26-51(81)45(23-35-14-16-40(79)17-15-35)73-58(88)48(31-78)76-56(86)46(24-37-28-68-42-12-7-6-11-41(37)42)74-57(87)47(27-39-29-66-33-70-39)75-55(85)43-18-19-53(83)71-43/h6-7,11-12,14-17,28-29,33-34,36,38,43-49,68,78-79H,8-10,13,18-27,30-32H2,1-5H3,(H,66,70)(H,71,83)(H,72,84)(H,73,88)(H,74,87)(H,75,85)(H,76,86)(H4,63,64,67)(H3,65,69,90)/t36-,38-,43+,44+,45+,46+,47+,48+,49+/m1/s1. The van der Waals surface area contributed by atoms with Crippen LogP contribution in [0.1, 0.15) is 109 Å². The fourth-order valence-corrected chi connectivity index (χ4v) is 10.9. The van der Waals surface area contributed by atoms with Crippen LogP contribution in [0.15, 0.2) is 72.2 Å². The predicted octanol–water partition coefficient (Wildman–Crippen LogP) is -0.387. The summed E-state index contributed by atoms with van der Waals surface area (Å²) in [6, 6.07) is 2.99. The lowest BCUT2D eigenvalue weighted by Crippen LogP contribution is -2.60. The van der Waals surface area contributed by atoms with Crippen LogP contribution in [-0.2, 0) is 71.9 Å². The number of aromatic hydroxyl groups is 1. The number of aliphatic imine (C=N–C) groups is 1. The molecule has 9 atom stereocenters. The zero-order valence-corrected chi connectivity index (χ0v) is 52.0. The molecule has 29 heteroatoms. The molecule has 0 spiro atoms. The number of fused-ring (bicyclic) bond motifs is 1. The van der Waals surface area contributed by atoms with E-state index < -0.39 is 138 Å². The Kier molecular flexibility index (Phi) is 26.1. The van der Waals surface area contributed by atoms with Crippen LogP contribution >= 0.6 is 0 Å². The zero-order valence-electron chi connectivity index (χ0n) is 52.0. The number of phenolic OH excluding ortho intramolecular Hbond substituents is 1. The average Bonchev–Trinajstić information content (AvgIpc) is 1.85. The Morgan fingerprint density at radius 1 is 0.780 bits per heavy atom. The van der Waals surface area contributed by atoms with Gasteiger partial charge in [0.2, 0.25) is 41.4 Å². The highest BCUT2D eigenvalue weighted by atomic mass is 16.5. The van der Waals surface area contributed by atoms with Crippen molar-refractivity contribution in [2.75, 3.05) is 32.8 Å². The van der Waals surface area contributed by atoms with Crippen LogP contribution in [0.3, 0.4) is 0 Å². The number of nitrogens with two attached hydrogens (primary N) is 3. The number of hydrogen-bond acceptors (Lipinski definition) is 16. The van der Waals surface area contributed by atoms with Gasteiger partial charge in [-0.2, -0.15) is 0 Å². The average molecular weight is 1270 g/mol. The fourth-order valence-electron chi connectivity index (χ4n) is 10.9. The highest BCUT2D eigenvalue weighted by Crippen LogP contribution is 2.27. The number of rotatable bonds is 35. The minimum Gasteiger partial charge on any atom is -0.508 e. The lowest BCUT2D eigenvalue weighted by molar-refractivity contribution is -0.143. The van der Waals surface area contributed by atoms with Crippen molar-refractivity contribution in [1.82, 2.24) is 57.1 Å². The van der Waals surface area contributed by atoms with Crippen LogP contribution in [0.5, 0.6) is 5.75 Å². The Balaban J connectivity index is 1.24. The van der Waals surface area contributed by atoms with Gasteiger partial charge in [0, 0.05) is 80.1 Å². The smallest absolute Gasteiger partial charge is 0.312 e. The first kappa shape index (κ1) is 70.8. The molecular weight excluding hydrogens is 1180 g/mol. The summed E-state index contributed by atoms with van der Waals surface area (Å²) in [7, 11) is 0. The molecule has 4 aromatic rings. The van der Waals surface area contributed by atoms with Crippen molar-refractivity contribution in [3.8, 4) is 5.75 Å². The molecule has 2 fully saturated rings. The number of benzene rings is 2. The highest BCUT2D eigenvalue weighted by Gasteiger charge is 2.40. The second kappa shape index (κ2) is 33.5. The number of carbonyl (C=O) groups is 11. The number of nitrogens with one attached hydrogen (secondary N) is 9. The van der Waals surface area contributed by atoms with E-state index in [1.807, 2.05) is 13.8 Å². The Bertz CT molecular complexity index is 3230. The van der Waals surface area contributed by atoms with Crippen molar-refractivity contribution in [3.05, 3.63) is 84.1 Å². The molecule has 0 saturated carbocycles. The van der Waals surface area contributed by atoms with Crippen molar-refractivity contribution in [2.45, 2.75) is 160 Å². The second-order valence-corrected chi connectivity index (χ2v) is 24.5. The third kappa shape index (κ3) is 22.0. The van der Waals surface area contributed by atoms with Gasteiger partial charge in [-0.1, -0.05) is 44.2 Å². The van der Waals surface area contributed by atoms with Gasteiger partial charge in [-0.25, -0.2) is 9.78 Å². The van der Waals surface area contributed by atoms with Gasteiger partial charge in [-0.05, 0) is 101 Å². The Labute approximate surface area is 526 Å².